The summed E-state index contributed by atoms with van der Waals surface area (Å²) >= 11 is 0. The Balaban J connectivity index is 1.60. The van der Waals surface area contributed by atoms with Crippen LogP contribution in [0.15, 0.2) is 66.0 Å². The van der Waals surface area contributed by atoms with Gasteiger partial charge in [-0.05, 0) is 24.1 Å². The van der Waals surface area contributed by atoms with Crippen molar-refractivity contribution < 1.29 is 0 Å². The number of aliphatic imine (C=N–C) groups is 1. The average Bonchev–Trinajstić information content (AvgIpc) is 3.01. The predicted octanol–water partition coefficient (Wildman–Crippen LogP) is 3.09. The monoisotopic (exact) mass is 394 g/mol. The number of nitrogens with zero attached hydrogens (tertiary/aromatic N) is 5. The van der Waals surface area contributed by atoms with E-state index < -0.39 is 0 Å². The third kappa shape index (κ3) is 1.33. The summed E-state index contributed by atoms with van der Waals surface area (Å²) in [7, 11) is 2.15. The summed E-state index contributed by atoms with van der Waals surface area (Å²) in [6, 6.07) is 17.2. The third-order valence-electron chi connectivity index (χ3n) is 8.42. The lowest BCUT2D eigenvalue weighted by atomic mass is 9.80. The van der Waals surface area contributed by atoms with Crippen molar-refractivity contribution in [3.8, 4) is 0 Å². The molecule has 6 nitrogen and oxygen atoms in total. The molecule has 0 radical (unpaired) electrons. The van der Waals surface area contributed by atoms with Gasteiger partial charge in [0.15, 0.2) is 5.82 Å². The van der Waals surface area contributed by atoms with Gasteiger partial charge in [0.1, 0.15) is 24.0 Å². The largest absolute Gasteiger partial charge is 0.383 e. The molecule has 7 rings (SSSR count). The highest BCUT2D eigenvalue weighted by atomic mass is 15.5. The second-order valence-electron chi connectivity index (χ2n) is 9.15. The molecule has 2 N–H and O–H groups in total. The van der Waals surface area contributed by atoms with E-state index >= 15 is 0 Å². The lowest BCUT2D eigenvalue weighted by molar-refractivity contribution is 0.472. The van der Waals surface area contributed by atoms with Crippen LogP contribution in [0.25, 0.3) is 0 Å². The fraction of sp³-hybridized carbons (Fsp3) is 0.292. The van der Waals surface area contributed by atoms with Gasteiger partial charge in [-0.1, -0.05) is 49.4 Å². The maximum absolute atomic E-state index is 6.53. The number of anilines is 3. The van der Waals surface area contributed by atoms with Crippen LogP contribution in [0, 0.1) is 0 Å². The van der Waals surface area contributed by atoms with Gasteiger partial charge < -0.3 is 15.5 Å². The molecule has 1 aliphatic carbocycles. The van der Waals surface area contributed by atoms with E-state index in [0.29, 0.717) is 5.84 Å². The lowest BCUT2D eigenvalue weighted by Gasteiger charge is -2.32. The highest BCUT2D eigenvalue weighted by Gasteiger charge is 2.91. The number of para-hydroxylation sites is 1. The third-order valence-corrected chi connectivity index (χ3v) is 8.42. The SMILES string of the molecule is CN1c2cncnc2N2c3ccccc3C3(C12)C1(C)N=C(N)c2ccccc2C13C. The van der Waals surface area contributed by atoms with E-state index in [1.54, 1.807) is 6.33 Å². The first-order valence-corrected chi connectivity index (χ1v) is 10.4. The normalized spacial score (nSPS) is 34.1. The van der Waals surface area contributed by atoms with Gasteiger partial charge in [0, 0.05) is 23.7 Å². The highest BCUT2D eigenvalue weighted by Crippen LogP contribution is 2.82. The molecule has 0 amide bonds. The number of hydrogen-bond donors (Lipinski definition) is 1. The second kappa shape index (κ2) is 4.67. The number of hydrogen-bond acceptors (Lipinski definition) is 6. The fourth-order valence-electron chi connectivity index (χ4n) is 7.14. The molecule has 148 valence electrons. The minimum Gasteiger partial charge on any atom is -0.383 e. The van der Waals surface area contributed by atoms with Crippen LogP contribution in [0.1, 0.15) is 30.5 Å². The average molecular weight is 394 g/mol. The molecule has 4 aliphatic rings. The van der Waals surface area contributed by atoms with E-state index in [0.717, 1.165) is 17.1 Å². The molecule has 4 heterocycles. The summed E-state index contributed by atoms with van der Waals surface area (Å²) in [4.78, 5) is 18.9. The second-order valence-corrected chi connectivity index (χ2v) is 9.15. The van der Waals surface area contributed by atoms with Crippen LogP contribution in [0.4, 0.5) is 17.2 Å². The quantitative estimate of drug-likeness (QED) is 0.634. The number of amidine groups is 1. The van der Waals surface area contributed by atoms with Crippen molar-refractivity contribution in [3.05, 3.63) is 77.7 Å². The van der Waals surface area contributed by atoms with Crippen molar-refractivity contribution in [3.63, 3.8) is 0 Å². The minimum atomic E-state index is -0.363. The van der Waals surface area contributed by atoms with E-state index in [9.17, 15) is 0 Å². The molecule has 3 aromatic rings. The van der Waals surface area contributed by atoms with Crippen LogP contribution in [-0.4, -0.2) is 34.6 Å². The Bertz CT molecular complexity index is 1300. The summed E-state index contributed by atoms with van der Waals surface area (Å²) in [6.07, 6.45) is 3.61. The smallest absolute Gasteiger partial charge is 0.161 e. The highest BCUT2D eigenvalue weighted by molar-refractivity contribution is 6.04. The maximum atomic E-state index is 6.53. The molecule has 4 unspecified atom stereocenters. The summed E-state index contributed by atoms with van der Waals surface area (Å²) < 4.78 is 0. The summed E-state index contributed by atoms with van der Waals surface area (Å²) in [5.74, 6) is 1.60. The Kier molecular flexibility index (Phi) is 2.55. The number of rotatable bonds is 0. The summed E-state index contributed by atoms with van der Waals surface area (Å²) in [5, 5.41) is 0. The van der Waals surface area contributed by atoms with E-state index in [1.165, 1.54) is 16.8 Å². The Hall–Kier alpha value is -3.41. The Morgan fingerprint density at radius 3 is 2.53 bits per heavy atom. The number of likely N-dealkylation sites (N-methyl/N-ethyl adjacent to an activating group) is 1. The van der Waals surface area contributed by atoms with E-state index in [-0.39, 0.29) is 22.5 Å². The topological polar surface area (TPSA) is 70.6 Å². The molecule has 0 bridgehead atoms. The van der Waals surface area contributed by atoms with Crippen LogP contribution in [0.3, 0.4) is 0 Å². The molecular formula is C24H22N6. The molecule has 30 heavy (non-hydrogen) atoms. The minimum absolute atomic E-state index is 0.0549. The van der Waals surface area contributed by atoms with Crippen LogP contribution >= 0.6 is 0 Å². The predicted molar refractivity (Wildman–Crippen MR) is 117 cm³/mol. The van der Waals surface area contributed by atoms with Crippen molar-refractivity contribution in [2.24, 2.45) is 10.7 Å². The molecule has 6 heteroatoms. The zero-order chi connectivity index (χ0) is 20.5. The van der Waals surface area contributed by atoms with Crippen molar-refractivity contribution in [2.75, 3.05) is 16.8 Å². The van der Waals surface area contributed by atoms with E-state index in [1.807, 2.05) is 12.3 Å². The van der Waals surface area contributed by atoms with Gasteiger partial charge in [-0.15, -0.1) is 0 Å². The fourth-order valence-corrected chi connectivity index (χ4v) is 7.14. The first-order valence-electron chi connectivity index (χ1n) is 10.4. The van der Waals surface area contributed by atoms with Gasteiger partial charge in [-0.2, -0.15) is 0 Å². The Morgan fingerprint density at radius 2 is 1.70 bits per heavy atom. The van der Waals surface area contributed by atoms with Gasteiger partial charge in [-0.3, -0.25) is 4.99 Å². The number of nitrogens with two attached hydrogens (primary N) is 1. The van der Waals surface area contributed by atoms with Gasteiger partial charge in [0.05, 0.1) is 17.2 Å². The maximum Gasteiger partial charge on any atom is 0.161 e. The molecule has 1 aromatic heterocycles. The van der Waals surface area contributed by atoms with Crippen LogP contribution in [0.2, 0.25) is 0 Å². The van der Waals surface area contributed by atoms with Crippen LogP contribution < -0.4 is 15.5 Å². The van der Waals surface area contributed by atoms with Crippen LogP contribution in [-0.2, 0) is 10.8 Å². The first kappa shape index (κ1) is 16.4. The molecule has 0 saturated heterocycles. The van der Waals surface area contributed by atoms with Crippen molar-refractivity contribution in [2.45, 2.75) is 36.4 Å². The van der Waals surface area contributed by atoms with Crippen molar-refractivity contribution >= 4 is 23.0 Å². The lowest BCUT2D eigenvalue weighted by Crippen LogP contribution is -2.47. The molecule has 3 aliphatic heterocycles. The van der Waals surface area contributed by atoms with Crippen molar-refractivity contribution in [1.82, 2.24) is 9.97 Å². The van der Waals surface area contributed by atoms with Crippen molar-refractivity contribution in [1.29, 1.82) is 0 Å². The summed E-state index contributed by atoms with van der Waals surface area (Å²) in [5.41, 5.74) is 11.6. The number of benzene rings is 2. The zero-order valence-corrected chi connectivity index (χ0v) is 17.2. The summed E-state index contributed by atoms with van der Waals surface area (Å²) in [6.45, 7) is 4.64. The van der Waals surface area contributed by atoms with E-state index in [4.69, 9.17) is 10.7 Å². The molecule has 1 fully saturated rings. The zero-order valence-electron chi connectivity index (χ0n) is 17.2. The first-order chi connectivity index (χ1) is 14.5. The van der Waals surface area contributed by atoms with Gasteiger partial charge in [0.25, 0.3) is 0 Å². The Morgan fingerprint density at radius 1 is 0.967 bits per heavy atom. The molecule has 1 spiro atoms. The van der Waals surface area contributed by atoms with Gasteiger partial charge in [-0.25, -0.2) is 9.97 Å². The molecule has 2 aromatic carbocycles. The van der Waals surface area contributed by atoms with Crippen LogP contribution in [0.5, 0.6) is 0 Å². The number of aromatic nitrogens is 2. The number of fused-ring (bicyclic) bond motifs is 12. The molecule has 4 atom stereocenters. The molecule has 1 saturated carbocycles. The molecular weight excluding hydrogens is 372 g/mol. The van der Waals surface area contributed by atoms with Gasteiger partial charge in [0.2, 0.25) is 0 Å². The van der Waals surface area contributed by atoms with E-state index in [2.05, 4.69) is 83.1 Å². The standard InChI is InChI=1S/C24H22N6/c1-22-15-9-5-4-8-14(15)19(25)28-23(22,2)24(22)16-10-6-7-11-17(16)30-20-18(12-26-13-27-20)29(3)21(24)30/h4-13,21H,1-3H3,(H2,25,28). The Labute approximate surface area is 175 Å². The van der Waals surface area contributed by atoms with Gasteiger partial charge >= 0.3 is 0 Å².